The molecular weight excluding hydrogens is 402 g/mol. The van der Waals surface area contributed by atoms with Crippen molar-refractivity contribution in [3.8, 4) is 0 Å². The number of carbonyl (C=O) groups is 2. The lowest BCUT2D eigenvalue weighted by Gasteiger charge is -2.43. The van der Waals surface area contributed by atoms with Crippen molar-refractivity contribution in [3.05, 3.63) is 35.9 Å². The Morgan fingerprint density at radius 2 is 1.56 bits per heavy atom. The number of benzene rings is 1. The molecular formula is C26H39N3O3. The maximum atomic E-state index is 13.6. The number of carbonyl (C=O) groups excluding carboxylic acids is 2. The summed E-state index contributed by atoms with van der Waals surface area (Å²) < 4.78 is 5.65. The Labute approximate surface area is 192 Å². The molecule has 176 valence electrons. The molecule has 2 heterocycles. The summed E-state index contributed by atoms with van der Waals surface area (Å²) in [7, 11) is 0. The standard InChI is InChI=1S/C26H39N3O3/c1-21-11-13-29(14-12-21)26(31)25(23-9-5-6-10-23)28-17-15-27(16-18-28)24(30)20-32-19-22-7-3-2-4-8-22/h2-4,7-8,21,23,25H,5-6,9-20H2,1H3. The van der Waals surface area contributed by atoms with Gasteiger partial charge in [0.15, 0.2) is 0 Å². The van der Waals surface area contributed by atoms with Gasteiger partial charge in [0, 0.05) is 39.3 Å². The van der Waals surface area contributed by atoms with Gasteiger partial charge in [-0.2, -0.15) is 0 Å². The van der Waals surface area contributed by atoms with E-state index in [-0.39, 0.29) is 18.6 Å². The highest BCUT2D eigenvalue weighted by molar-refractivity contribution is 5.82. The van der Waals surface area contributed by atoms with E-state index in [9.17, 15) is 9.59 Å². The SMILES string of the molecule is CC1CCN(C(=O)C(C2CCCC2)N2CCN(C(=O)COCc3ccccc3)CC2)CC1. The minimum Gasteiger partial charge on any atom is -0.367 e. The van der Waals surface area contributed by atoms with Gasteiger partial charge in [0.05, 0.1) is 12.6 Å². The highest BCUT2D eigenvalue weighted by Crippen LogP contribution is 2.32. The molecule has 32 heavy (non-hydrogen) atoms. The van der Waals surface area contributed by atoms with E-state index in [2.05, 4.69) is 16.7 Å². The van der Waals surface area contributed by atoms with Crippen LogP contribution in [0.3, 0.4) is 0 Å². The van der Waals surface area contributed by atoms with Crippen LogP contribution in [-0.4, -0.2) is 78.4 Å². The van der Waals surface area contributed by atoms with Crippen LogP contribution >= 0.6 is 0 Å². The molecule has 0 aromatic heterocycles. The molecule has 1 aliphatic carbocycles. The van der Waals surface area contributed by atoms with Gasteiger partial charge in [-0.1, -0.05) is 50.1 Å². The van der Waals surface area contributed by atoms with Crippen LogP contribution in [0.5, 0.6) is 0 Å². The van der Waals surface area contributed by atoms with E-state index in [1.807, 2.05) is 35.2 Å². The summed E-state index contributed by atoms with van der Waals surface area (Å²) in [5.41, 5.74) is 1.08. The van der Waals surface area contributed by atoms with Crippen molar-refractivity contribution < 1.29 is 14.3 Å². The Bertz CT molecular complexity index is 734. The van der Waals surface area contributed by atoms with Gasteiger partial charge in [-0.15, -0.1) is 0 Å². The number of hydrogen-bond acceptors (Lipinski definition) is 4. The molecule has 0 bridgehead atoms. The predicted octanol–water partition coefficient (Wildman–Crippen LogP) is 3.16. The minimum atomic E-state index is -0.00233. The fraction of sp³-hybridized carbons (Fsp3) is 0.692. The van der Waals surface area contributed by atoms with Crippen molar-refractivity contribution in [1.29, 1.82) is 0 Å². The molecule has 2 amide bonds. The number of rotatable bonds is 7. The zero-order valence-electron chi connectivity index (χ0n) is 19.6. The summed E-state index contributed by atoms with van der Waals surface area (Å²) >= 11 is 0. The summed E-state index contributed by atoms with van der Waals surface area (Å²) in [5.74, 6) is 1.59. The van der Waals surface area contributed by atoms with Crippen LogP contribution < -0.4 is 0 Å². The van der Waals surface area contributed by atoms with Crippen LogP contribution in [-0.2, 0) is 20.9 Å². The first-order valence-electron chi connectivity index (χ1n) is 12.5. The topological polar surface area (TPSA) is 53.1 Å². The second-order valence-corrected chi connectivity index (χ2v) is 9.89. The van der Waals surface area contributed by atoms with E-state index in [4.69, 9.17) is 4.74 Å². The fourth-order valence-electron chi connectivity index (χ4n) is 5.52. The number of likely N-dealkylation sites (tertiary alicyclic amines) is 1. The molecule has 1 atom stereocenters. The van der Waals surface area contributed by atoms with Crippen molar-refractivity contribution in [3.63, 3.8) is 0 Å². The van der Waals surface area contributed by atoms with Crippen LogP contribution in [0, 0.1) is 11.8 Å². The largest absolute Gasteiger partial charge is 0.367 e. The average Bonchev–Trinajstić information content (AvgIpc) is 3.35. The number of piperazine rings is 1. The molecule has 3 aliphatic rings. The lowest BCUT2D eigenvalue weighted by atomic mass is 9.92. The molecule has 1 unspecified atom stereocenters. The molecule has 1 saturated carbocycles. The van der Waals surface area contributed by atoms with Gasteiger partial charge in [0.2, 0.25) is 11.8 Å². The third kappa shape index (κ3) is 5.90. The Kier molecular flexibility index (Phi) is 8.20. The van der Waals surface area contributed by atoms with Crippen molar-refractivity contribution in [2.24, 2.45) is 11.8 Å². The number of nitrogens with zero attached hydrogens (tertiary/aromatic N) is 3. The van der Waals surface area contributed by atoms with Gasteiger partial charge in [-0.25, -0.2) is 0 Å². The first-order valence-corrected chi connectivity index (χ1v) is 12.5. The van der Waals surface area contributed by atoms with E-state index in [0.29, 0.717) is 31.5 Å². The van der Waals surface area contributed by atoms with E-state index in [0.717, 1.165) is 63.3 Å². The first-order chi connectivity index (χ1) is 15.6. The molecule has 1 aromatic carbocycles. The van der Waals surface area contributed by atoms with Crippen LogP contribution in [0.15, 0.2) is 30.3 Å². The molecule has 2 aliphatic heterocycles. The van der Waals surface area contributed by atoms with E-state index in [1.165, 1.54) is 12.8 Å². The molecule has 4 rings (SSSR count). The molecule has 2 saturated heterocycles. The third-order valence-electron chi connectivity index (χ3n) is 7.59. The summed E-state index contributed by atoms with van der Waals surface area (Å²) in [5, 5.41) is 0. The number of ether oxygens (including phenoxy) is 1. The molecule has 6 nitrogen and oxygen atoms in total. The Morgan fingerprint density at radius 3 is 2.22 bits per heavy atom. The fourth-order valence-corrected chi connectivity index (χ4v) is 5.52. The molecule has 0 spiro atoms. The van der Waals surface area contributed by atoms with Crippen molar-refractivity contribution in [2.75, 3.05) is 45.9 Å². The second-order valence-electron chi connectivity index (χ2n) is 9.89. The summed E-state index contributed by atoms with van der Waals surface area (Å²) in [6.07, 6.45) is 7.04. The normalized spacial score (nSPS) is 22.3. The Hall–Kier alpha value is -1.92. The number of hydrogen-bond donors (Lipinski definition) is 0. The third-order valence-corrected chi connectivity index (χ3v) is 7.59. The Balaban J connectivity index is 1.29. The number of amides is 2. The van der Waals surface area contributed by atoms with Gasteiger partial charge in [-0.3, -0.25) is 14.5 Å². The van der Waals surface area contributed by atoms with Crippen molar-refractivity contribution in [1.82, 2.24) is 14.7 Å². The first kappa shape index (κ1) is 23.2. The van der Waals surface area contributed by atoms with E-state index >= 15 is 0 Å². The maximum absolute atomic E-state index is 13.6. The highest BCUT2D eigenvalue weighted by Gasteiger charge is 2.39. The average molecular weight is 442 g/mol. The predicted molar refractivity (Wildman–Crippen MR) is 125 cm³/mol. The zero-order valence-corrected chi connectivity index (χ0v) is 19.6. The Morgan fingerprint density at radius 1 is 0.906 bits per heavy atom. The summed E-state index contributed by atoms with van der Waals surface area (Å²) in [6, 6.07) is 9.94. The smallest absolute Gasteiger partial charge is 0.248 e. The van der Waals surface area contributed by atoms with Gasteiger partial charge in [-0.05, 0) is 43.1 Å². The summed E-state index contributed by atoms with van der Waals surface area (Å²) in [4.78, 5) is 32.6. The molecule has 1 aromatic rings. The van der Waals surface area contributed by atoms with Gasteiger partial charge in [0.25, 0.3) is 0 Å². The molecule has 6 heteroatoms. The number of piperidine rings is 1. The minimum absolute atomic E-state index is 0.00233. The van der Waals surface area contributed by atoms with Crippen LogP contribution in [0.2, 0.25) is 0 Å². The lowest BCUT2D eigenvalue weighted by molar-refractivity contribution is -0.144. The molecule has 0 N–H and O–H groups in total. The maximum Gasteiger partial charge on any atom is 0.248 e. The van der Waals surface area contributed by atoms with Crippen molar-refractivity contribution >= 4 is 11.8 Å². The highest BCUT2D eigenvalue weighted by atomic mass is 16.5. The van der Waals surface area contributed by atoms with Gasteiger partial charge < -0.3 is 14.5 Å². The van der Waals surface area contributed by atoms with Crippen molar-refractivity contribution in [2.45, 2.75) is 58.1 Å². The zero-order chi connectivity index (χ0) is 22.3. The summed E-state index contributed by atoms with van der Waals surface area (Å²) in [6.45, 7) is 7.59. The second kappa shape index (κ2) is 11.3. The van der Waals surface area contributed by atoms with Crippen LogP contribution in [0.25, 0.3) is 0 Å². The van der Waals surface area contributed by atoms with E-state index in [1.54, 1.807) is 0 Å². The monoisotopic (exact) mass is 441 g/mol. The van der Waals surface area contributed by atoms with Crippen LogP contribution in [0.1, 0.15) is 51.0 Å². The van der Waals surface area contributed by atoms with Gasteiger partial charge >= 0.3 is 0 Å². The van der Waals surface area contributed by atoms with Gasteiger partial charge in [0.1, 0.15) is 6.61 Å². The molecule has 0 radical (unpaired) electrons. The molecule has 3 fully saturated rings. The van der Waals surface area contributed by atoms with E-state index < -0.39 is 0 Å². The quantitative estimate of drug-likeness (QED) is 0.652. The van der Waals surface area contributed by atoms with Crippen LogP contribution in [0.4, 0.5) is 0 Å². The lowest BCUT2D eigenvalue weighted by Crippen LogP contribution is -2.59.